The van der Waals surface area contributed by atoms with E-state index in [1.807, 2.05) is 30.8 Å². The second-order valence-electron chi connectivity index (χ2n) is 3.92. The van der Waals surface area contributed by atoms with Crippen LogP contribution in [0.2, 0.25) is 5.02 Å². The van der Waals surface area contributed by atoms with Gasteiger partial charge < -0.3 is 5.73 Å². The smallest absolute Gasteiger partial charge is 0.121 e. The fourth-order valence-electron chi connectivity index (χ4n) is 1.78. The van der Waals surface area contributed by atoms with Crippen molar-refractivity contribution in [1.29, 1.82) is 0 Å². The fourth-order valence-corrected chi connectivity index (χ4v) is 3.02. The van der Waals surface area contributed by atoms with Crippen LogP contribution in [0.1, 0.15) is 11.3 Å². The van der Waals surface area contributed by atoms with Crippen molar-refractivity contribution >= 4 is 23.4 Å². The molecule has 0 saturated carbocycles. The fraction of sp³-hybridized carbons (Fsp3) is 0.333. The van der Waals surface area contributed by atoms with Crippen LogP contribution in [0.25, 0.3) is 0 Å². The quantitative estimate of drug-likeness (QED) is 0.936. The standard InChI is InChI=1S/C12H15ClN4S/c1-8-9(5-6-14)12(17(2)16-8)18-11-10(13)4-3-7-15-11/h3-4,7H,5-6,14H2,1-2H3. The van der Waals surface area contributed by atoms with Gasteiger partial charge in [0.2, 0.25) is 0 Å². The van der Waals surface area contributed by atoms with E-state index in [9.17, 15) is 0 Å². The molecule has 2 aromatic heterocycles. The Bertz CT molecular complexity index is 553. The topological polar surface area (TPSA) is 56.7 Å². The molecule has 2 rings (SSSR count). The van der Waals surface area contributed by atoms with E-state index in [1.165, 1.54) is 17.3 Å². The Morgan fingerprint density at radius 2 is 2.28 bits per heavy atom. The zero-order valence-electron chi connectivity index (χ0n) is 10.4. The molecule has 4 nitrogen and oxygen atoms in total. The number of nitrogens with zero attached hydrogens (tertiary/aromatic N) is 3. The molecule has 0 fully saturated rings. The molecule has 0 radical (unpaired) electrons. The zero-order chi connectivity index (χ0) is 13.1. The summed E-state index contributed by atoms with van der Waals surface area (Å²) >= 11 is 7.66. The summed E-state index contributed by atoms with van der Waals surface area (Å²) in [6.07, 6.45) is 2.55. The molecule has 18 heavy (non-hydrogen) atoms. The van der Waals surface area contributed by atoms with Crippen molar-refractivity contribution < 1.29 is 0 Å². The van der Waals surface area contributed by atoms with E-state index in [4.69, 9.17) is 17.3 Å². The number of halogens is 1. The molecule has 0 unspecified atom stereocenters. The average molecular weight is 283 g/mol. The summed E-state index contributed by atoms with van der Waals surface area (Å²) in [5.41, 5.74) is 7.83. The van der Waals surface area contributed by atoms with Gasteiger partial charge in [-0.25, -0.2) is 4.98 Å². The third-order valence-electron chi connectivity index (χ3n) is 2.60. The molecule has 96 valence electrons. The van der Waals surface area contributed by atoms with Gasteiger partial charge in [0, 0.05) is 18.8 Å². The van der Waals surface area contributed by atoms with Crippen LogP contribution in [0.15, 0.2) is 28.4 Å². The van der Waals surface area contributed by atoms with Crippen molar-refractivity contribution in [3.63, 3.8) is 0 Å². The van der Waals surface area contributed by atoms with E-state index in [1.54, 1.807) is 6.20 Å². The largest absolute Gasteiger partial charge is 0.330 e. The number of aryl methyl sites for hydroxylation is 2. The lowest BCUT2D eigenvalue weighted by Crippen LogP contribution is -2.04. The van der Waals surface area contributed by atoms with Gasteiger partial charge >= 0.3 is 0 Å². The van der Waals surface area contributed by atoms with Crippen molar-refractivity contribution in [2.75, 3.05) is 6.54 Å². The maximum atomic E-state index is 6.13. The highest BCUT2D eigenvalue weighted by Crippen LogP contribution is 2.34. The minimum atomic E-state index is 0.607. The molecule has 0 spiro atoms. The normalized spacial score (nSPS) is 10.9. The predicted molar refractivity (Wildman–Crippen MR) is 74.1 cm³/mol. The van der Waals surface area contributed by atoms with Gasteiger partial charge in [0.1, 0.15) is 10.1 Å². The number of hydrogen-bond donors (Lipinski definition) is 1. The van der Waals surface area contributed by atoms with Gasteiger partial charge in [-0.15, -0.1) is 0 Å². The monoisotopic (exact) mass is 282 g/mol. The molecular weight excluding hydrogens is 268 g/mol. The molecule has 2 N–H and O–H groups in total. The average Bonchev–Trinajstić information content (AvgIpc) is 2.59. The molecule has 2 heterocycles. The van der Waals surface area contributed by atoms with Crippen LogP contribution in [0, 0.1) is 6.92 Å². The second kappa shape index (κ2) is 5.73. The number of pyridine rings is 1. The van der Waals surface area contributed by atoms with Gasteiger partial charge in [-0.3, -0.25) is 4.68 Å². The molecule has 2 aromatic rings. The minimum Gasteiger partial charge on any atom is -0.330 e. The van der Waals surface area contributed by atoms with Crippen LogP contribution >= 0.6 is 23.4 Å². The maximum Gasteiger partial charge on any atom is 0.121 e. The Labute approximate surface area is 116 Å². The van der Waals surface area contributed by atoms with E-state index < -0.39 is 0 Å². The van der Waals surface area contributed by atoms with Gasteiger partial charge in [0.15, 0.2) is 0 Å². The third-order valence-corrected chi connectivity index (χ3v) is 4.24. The van der Waals surface area contributed by atoms with Gasteiger partial charge in [0.05, 0.1) is 10.7 Å². The highest BCUT2D eigenvalue weighted by atomic mass is 35.5. The van der Waals surface area contributed by atoms with E-state index in [2.05, 4.69) is 10.1 Å². The first kappa shape index (κ1) is 13.4. The van der Waals surface area contributed by atoms with Crippen LogP contribution in [-0.4, -0.2) is 21.3 Å². The lowest BCUT2D eigenvalue weighted by molar-refractivity contribution is 0.687. The minimum absolute atomic E-state index is 0.607. The first-order valence-electron chi connectivity index (χ1n) is 5.64. The summed E-state index contributed by atoms with van der Waals surface area (Å²) in [5, 5.41) is 6.92. The Hall–Kier alpha value is -1.04. The first-order chi connectivity index (χ1) is 8.63. The molecule has 0 bridgehead atoms. The summed E-state index contributed by atoms with van der Waals surface area (Å²) in [5.74, 6) is 0. The lowest BCUT2D eigenvalue weighted by atomic mass is 10.2. The van der Waals surface area contributed by atoms with E-state index in [0.717, 1.165) is 22.2 Å². The summed E-state index contributed by atoms with van der Waals surface area (Å²) in [6, 6.07) is 3.66. The first-order valence-corrected chi connectivity index (χ1v) is 6.84. The molecule has 0 amide bonds. The predicted octanol–water partition coefficient (Wildman–Crippen LogP) is 2.43. The van der Waals surface area contributed by atoms with E-state index in [-0.39, 0.29) is 0 Å². The number of rotatable bonds is 4. The number of nitrogens with two attached hydrogens (primary N) is 1. The SMILES string of the molecule is Cc1nn(C)c(Sc2ncccc2Cl)c1CCN. The van der Waals surface area contributed by atoms with E-state index >= 15 is 0 Å². The van der Waals surface area contributed by atoms with Crippen molar-refractivity contribution in [3.05, 3.63) is 34.6 Å². The summed E-state index contributed by atoms with van der Waals surface area (Å²) in [7, 11) is 1.92. The molecule has 6 heteroatoms. The van der Waals surface area contributed by atoms with Crippen LogP contribution in [0.4, 0.5) is 0 Å². The molecule has 0 aliphatic rings. The number of aromatic nitrogens is 3. The van der Waals surface area contributed by atoms with Crippen LogP contribution in [0.5, 0.6) is 0 Å². The molecule has 0 aliphatic carbocycles. The van der Waals surface area contributed by atoms with Crippen molar-refractivity contribution in [3.8, 4) is 0 Å². The van der Waals surface area contributed by atoms with Gasteiger partial charge in [0.25, 0.3) is 0 Å². The highest BCUT2D eigenvalue weighted by molar-refractivity contribution is 7.99. The van der Waals surface area contributed by atoms with E-state index in [0.29, 0.717) is 11.6 Å². The Morgan fingerprint density at radius 1 is 1.50 bits per heavy atom. The molecule has 0 atom stereocenters. The molecule has 0 saturated heterocycles. The zero-order valence-corrected chi connectivity index (χ0v) is 11.9. The highest BCUT2D eigenvalue weighted by Gasteiger charge is 2.15. The Balaban J connectivity index is 2.37. The molecule has 0 aliphatic heterocycles. The Morgan fingerprint density at radius 3 is 2.94 bits per heavy atom. The maximum absolute atomic E-state index is 6.13. The third kappa shape index (κ3) is 2.68. The van der Waals surface area contributed by atoms with Crippen LogP contribution in [-0.2, 0) is 13.5 Å². The van der Waals surface area contributed by atoms with Gasteiger partial charge in [-0.1, -0.05) is 11.6 Å². The lowest BCUT2D eigenvalue weighted by Gasteiger charge is -2.06. The summed E-state index contributed by atoms with van der Waals surface area (Å²) in [4.78, 5) is 4.28. The summed E-state index contributed by atoms with van der Waals surface area (Å²) in [6.45, 7) is 2.60. The number of hydrogen-bond acceptors (Lipinski definition) is 4. The van der Waals surface area contributed by atoms with Crippen LogP contribution in [0.3, 0.4) is 0 Å². The molecule has 0 aromatic carbocycles. The molecular formula is C12H15ClN4S. The Kier molecular flexibility index (Phi) is 4.27. The van der Waals surface area contributed by atoms with Gasteiger partial charge in [-0.05, 0) is 43.8 Å². The van der Waals surface area contributed by atoms with Crippen molar-refractivity contribution in [2.24, 2.45) is 12.8 Å². The second-order valence-corrected chi connectivity index (χ2v) is 5.31. The van der Waals surface area contributed by atoms with Crippen LogP contribution < -0.4 is 5.73 Å². The summed E-state index contributed by atoms with van der Waals surface area (Å²) < 4.78 is 1.86. The van der Waals surface area contributed by atoms with Crippen molar-refractivity contribution in [1.82, 2.24) is 14.8 Å². The van der Waals surface area contributed by atoms with Gasteiger partial charge in [-0.2, -0.15) is 5.10 Å². The van der Waals surface area contributed by atoms with Crippen molar-refractivity contribution in [2.45, 2.75) is 23.4 Å².